The van der Waals surface area contributed by atoms with Crippen molar-refractivity contribution in [1.29, 1.82) is 0 Å². The third-order valence-electron chi connectivity index (χ3n) is 4.35. The van der Waals surface area contributed by atoms with Crippen LogP contribution in [0.15, 0.2) is 4.52 Å². The minimum Gasteiger partial charge on any atom is -0.342 e. The Labute approximate surface area is 132 Å². The van der Waals surface area contributed by atoms with E-state index in [9.17, 15) is 4.79 Å². The molecule has 2 heterocycles. The molecule has 1 aliphatic heterocycles. The van der Waals surface area contributed by atoms with Crippen LogP contribution in [0, 0.1) is 5.92 Å². The van der Waals surface area contributed by atoms with Crippen LogP contribution < -0.4 is 5.32 Å². The Morgan fingerprint density at radius 1 is 1.50 bits per heavy atom. The summed E-state index contributed by atoms with van der Waals surface area (Å²) in [6.45, 7) is 9.91. The van der Waals surface area contributed by atoms with Crippen LogP contribution in [0.4, 0.5) is 0 Å². The molecular weight excluding hydrogens is 280 g/mol. The lowest BCUT2D eigenvalue weighted by Gasteiger charge is -2.38. The zero-order valence-corrected chi connectivity index (χ0v) is 14.1. The summed E-state index contributed by atoms with van der Waals surface area (Å²) in [5.74, 6) is 2.11. The van der Waals surface area contributed by atoms with Crippen molar-refractivity contribution in [3.63, 3.8) is 0 Å². The monoisotopic (exact) mass is 308 g/mol. The van der Waals surface area contributed by atoms with Crippen LogP contribution in [0.25, 0.3) is 0 Å². The average molecular weight is 308 g/mol. The molecule has 2 rings (SSSR count). The van der Waals surface area contributed by atoms with Crippen LogP contribution >= 0.6 is 0 Å². The summed E-state index contributed by atoms with van der Waals surface area (Å²) in [4.78, 5) is 18.2. The van der Waals surface area contributed by atoms with E-state index < -0.39 is 0 Å². The van der Waals surface area contributed by atoms with E-state index in [4.69, 9.17) is 4.52 Å². The number of likely N-dealkylation sites (tertiary alicyclic amines) is 1. The predicted octanol–water partition coefficient (Wildman–Crippen LogP) is 2.32. The summed E-state index contributed by atoms with van der Waals surface area (Å²) < 4.78 is 5.34. The smallest absolute Gasteiger partial charge is 0.243 e. The fourth-order valence-corrected chi connectivity index (χ4v) is 3.00. The van der Waals surface area contributed by atoms with E-state index in [2.05, 4.69) is 36.2 Å². The van der Waals surface area contributed by atoms with Crippen molar-refractivity contribution in [2.24, 2.45) is 5.92 Å². The number of carbonyl (C=O) groups is 1. The average Bonchev–Trinajstić information content (AvgIpc) is 2.97. The van der Waals surface area contributed by atoms with Crippen LogP contribution in [0.3, 0.4) is 0 Å². The molecule has 0 bridgehead atoms. The van der Waals surface area contributed by atoms with Crippen LogP contribution in [-0.2, 0) is 11.2 Å². The Kier molecular flexibility index (Phi) is 5.94. The summed E-state index contributed by atoms with van der Waals surface area (Å²) in [6, 6.07) is 0.413. The van der Waals surface area contributed by atoms with Gasteiger partial charge in [-0.15, -0.1) is 0 Å². The van der Waals surface area contributed by atoms with Crippen LogP contribution in [0.2, 0.25) is 0 Å². The molecule has 0 aliphatic carbocycles. The van der Waals surface area contributed by atoms with Crippen molar-refractivity contribution in [2.45, 2.75) is 65.5 Å². The molecule has 1 aromatic heterocycles. The third-order valence-corrected chi connectivity index (χ3v) is 4.35. The highest BCUT2D eigenvalue weighted by molar-refractivity contribution is 5.75. The van der Waals surface area contributed by atoms with E-state index >= 15 is 0 Å². The molecule has 1 saturated heterocycles. The van der Waals surface area contributed by atoms with Gasteiger partial charge in [0.1, 0.15) is 0 Å². The summed E-state index contributed by atoms with van der Waals surface area (Å²) in [5.41, 5.74) is 0. The Bertz CT molecular complexity index is 488. The quantitative estimate of drug-likeness (QED) is 0.873. The number of carbonyl (C=O) groups excluding carboxylic acids is 1. The molecule has 124 valence electrons. The summed E-state index contributed by atoms with van der Waals surface area (Å²) in [5, 5.41) is 7.59. The van der Waals surface area contributed by atoms with Crippen LogP contribution in [-0.4, -0.2) is 40.1 Å². The molecule has 1 fully saturated rings. The van der Waals surface area contributed by atoms with Gasteiger partial charge in [0.05, 0.1) is 6.04 Å². The Balaban J connectivity index is 1.89. The third kappa shape index (κ3) is 4.06. The molecule has 3 atom stereocenters. The zero-order chi connectivity index (χ0) is 16.1. The Morgan fingerprint density at radius 3 is 2.91 bits per heavy atom. The standard InChI is InChI=1S/C16H28N4O2/c1-5-7-14-18-16(22-19-14)12(4)17-13-8-9-20(10-11(13)3)15(21)6-2/h11-13,17H,5-10H2,1-4H3/t11-,12+,13+/m1/s1. The second kappa shape index (κ2) is 7.72. The lowest BCUT2D eigenvalue weighted by molar-refractivity contribution is -0.132. The molecule has 1 N–H and O–H groups in total. The lowest BCUT2D eigenvalue weighted by Crippen LogP contribution is -2.50. The highest BCUT2D eigenvalue weighted by Crippen LogP contribution is 2.21. The maximum absolute atomic E-state index is 11.8. The number of hydrogen-bond donors (Lipinski definition) is 1. The molecule has 1 aliphatic rings. The van der Waals surface area contributed by atoms with Crippen LogP contribution in [0.1, 0.15) is 64.7 Å². The number of rotatable bonds is 6. The van der Waals surface area contributed by atoms with Gasteiger partial charge in [-0.3, -0.25) is 4.79 Å². The van der Waals surface area contributed by atoms with Gasteiger partial charge < -0.3 is 14.7 Å². The van der Waals surface area contributed by atoms with Gasteiger partial charge in [0.2, 0.25) is 11.8 Å². The zero-order valence-electron chi connectivity index (χ0n) is 14.1. The molecule has 0 saturated carbocycles. The predicted molar refractivity (Wildman–Crippen MR) is 84.3 cm³/mol. The van der Waals surface area contributed by atoms with Gasteiger partial charge >= 0.3 is 0 Å². The van der Waals surface area contributed by atoms with Gasteiger partial charge in [-0.05, 0) is 25.7 Å². The fourth-order valence-electron chi connectivity index (χ4n) is 3.00. The number of nitrogens with one attached hydrogen (secondary N) is 1. The number of aromatic nitrogens is 2. The van der Waals surface area contributed by atoms with E-state index in [1.807, 2.05) is 11.8 Å². The van der Waals surface area contributed by atoms with E-state index in [1.54, 1.807) is 0 Å². The maximum atomic E-state index is 11.8. The SMILES string of the molecule is CCCc1noc([C@H](C)N[C@H]2CCN(C(=O)CC)C[C@H]2C)n1. The van der Waals surface area contributed by atoms with E-state index in [-0.39, 0.29) is 11.9 Å². The summed E-state index contributed by atoms with van der Waals surface area (Å²) in [7, 11) is 0. The normalized spacial score (nSPS) is 23.5. The van der Waals surface area contributed by atoms with Gasteiger partial charge in [0.25, 0.3) is 0 Å². The number of aryl methyl sites for hydroxylation is 1. The van der Waals surface area contributed by atoms with Gasteiger partial charge in [0.15, 0.2) is 5.82 Å². The molecule has 0 spiro atoms. The first-order valence-electron chi connectivity index (χ1n) is 8.41. The van der Waals surface area contributed by atoms with Crippen LogP contribution in [0.5, 0.6) is 0 Å². The van der Waals surface area contributed by atoms with Crippen molar-refractivity contribution in [3.05, 3.63) is 11.7 Å². The minimum atomic E-state index is 0.0407. The molecule has 6 heteroatoms. The Hall–Kier alpha value is -1.43. The summed E-state index contributed by atoms with van der Waals surface area (Å²) >= 11 is 0. The molecular formula is C16H28N4O2. The van der Waals surface area contributed by atoms with Gasteiger partial charge in [-0.1, -0.05) is 25.9 Å². The van der Waals surface area contributed by atoms with Crippen molar-refractivity contribution in [2.75, 3.05) is 13.1 Å². The van der Waals surface area contributed by atoms with Gasteiger partial charge in [0, 0.05) is 32.0 Å². The van der Waals surface area contributed by atoms with Gasteiger partial charge in [-0.25, -0.2) is 0 Å². The highest BCUT2D eigenvalue weighted by Gasteiger charge is 2.29. The first-order valence-corrected chi connectivity index (χ1v) is 8.41. The molecule has 22 heavy (non-hydrogen) atoms. The van der Waals surface area contributed by atoms with Gasteiger partial charge in [-0.2, -0.15) is 4.98 Å². The molecule has 0 radical (unpaired) electrons. The van der Waals surface area contributed by atoms with E-state index in [1.165, 1.54) is 0 Å². The summed E-state index contributed by atoms with van der Waals surface area (Å²) in [6.07, 6.45) is 3.42. The second-order valence-electron chi connectivity index (χ2n) is 6.25. The fraction of sp³-hybridized carbons (Fsp3) is 0.812. The number of hydrogen-bond acceptors (Lipinski definition) is 5. The first-order chi connectivity index (χ1) is 10.5. The van der Waals surface area contributed by atoms with Crippen molar-refractivity contribution in [1.82, 2.24) is 20.4 Å². The molecule has 0 aromatic carbocycles. The topological polar surface area (TPSA) is 71.3 Å². The highest BCUT2D eigenvalue weighted by atomic mass is 16.5. The van der Waals surface area contributed by atoms with E-state index in [0.29, 0.717) is 24.3 Å². The van der Waals surface area contributed by atoms with Crippen molar-refractivity contribution >= 4 is 5.91 Å². The van der Waals surface area contributed by atoms with Crippen molar-refractivity contribution in [3.8, 4) is 0 Å². The Morgan fingerprint density at radius 2 is 2.27 bits per heavy atom. The second-order valence-corrected chi connectivity index (χ2v) is 6.25. The largest absolute Gasteiger partial charge is 0.342 e. The molecule has 1 aromatic rings. The minimum absolute atomic E-state index is 0.0407. The number of nitrogens with zero attached hydrogens (tertiary/aromatic N) is 3. The number of piperidine rings is 1. The molecule has 0 unspecified atom stereocenters. The molecule has 1 amide bonds. The maximum Gasteiger partial charge on any atom is 0.243 e. The molecule has 6 nitrogen and oxygen atoms in total. The lowest BCUT2D eigenvalue weighted by atomic mass is 9.93. The first kappa shape index (κ1) is 16.9. The van der Waals surface area contributed by atoms with E-state index in [0.717, 1.165) is 38.2 Å². The number of amides is 1. The van der Waals surface area contributed by atoms with Crippen molar-refractivity contribution < 1.29 is 9.32 Å².